The van der Waals surface area contributed by atoms with Crippen molar-refractivity contribution in [2.24, 2.45) is 0 Å². The van der Waals surface area contributed by atoms with Crippen LogP contribution < -0.4 is 5.43 Å². The van der Waals surface area contributed by atoms with Crippen LogP contribution in [-0.2, 0) is 19.6 Å². The molecule has 0 atom stereocenters. The van der Waals surface area contributed by atoms with Gasteiger partial charge in [-0.2, -0.15) is 0 Å². The highest BCUT2D eigenvalue weighted by Gasteiger charge is 2.22. The molecule has 0 unspecified atom stereocenters. The summed E-state index contributed by atoms with van der Waals surface area (Å²) in [5, 5.41) is 11.7. The second-order valence-electron chi connectivity index (χ2n) is 10.3. The Balaban J connectivity index is 1.58. The molecular formula is C34H26F2N2O4. The smallest absolute Gasteiger partial charge is 0.341 e. The molecule has 8 heteroatoms. The normalized spacial score (nSPS) is 11.5. The Morgan fingerprint density at radius 3 is 2.36 bits per heavy atom. The van der Waals surface area contributed by atoms with Crippen LogP contribution in [0, 0.1) is 11.6 Å². The van der Waals surface area contributed by atoms with E-state index in [0.717, 1.165) is 40.2 Å². The molecule has 6 aromatic rings. The predicted octanol–water partition coefficient (Wildman–Crippen LogP) is 7.07. The Labute approximate surface area is 239 Å². The summed E-state index contributed by atoms with van der Waals surface area (Å²) < 4.78 is 36.8. The number of hydrogen-bond donors (Lipinski definition) is 1. The summed E-state index contributed by atoms with van der Waals surface area (Å²) in [4.78, 5) is 27.6. The molecule has 0 aliphatic heterocycles. The largest absolute Gasteiger partial charge is 0.477 e. The predicted molar refractivity (Wildman–Crippen MR) is 157 cm³/mol. The summed E-state index contributed by atoms with van der Waals surface area (Å²) in [5.41, 5.74) is 1.46. The number of aromatic carboxylic acids is 1. The Hall–Kier alpha value is -5.08. The molecule has 0 bridgehead atoms. The maximum Gasteiger partial charge on any atom is 0.341 e. The number of rotatable bonds is 8. The van der Waals surface area contributed by atoms with Gasteiger partial charge >= 0.3 is 5.97 Å². The van der Waals surface area contributed by atoms with E-state index in [4.69, 9.17) is 4.42 Å². The van der Waals surface area contributed by atoms with Gasteiger partial charge in [-0.05, 0) is 42.4 Å². The first kappa shape index (κ1) is 27.1. The number of carboxylic acids is 1. The lowest BCUT2D eigenvalue weighted by Crippen LogP contribution is -2.21. The number of carbonyl (C=O) groups is 1. The highest BCUT2D eigenvalue weighted by Crippen LogP contribution is 2.36. The van der Waals surface area contributed by atoms with Crippen LogP contribution in [0.25, 0.3) is 33.0 Å². The Morgan fingerprint density at radius 2 is 1.62 bits per heavy atom. The van der Waals surface area contributed by atoms with Crippen molar-refractivity contribution in [1.82, 2.24) is 9.47 Å². The Bertz CT molecular complexity index is 1990. The minimum atomic E-state index is -1.42. The van der Waals surface area contributed by atoms with E-state index >= 15 is 0 Å². The first-order valence-corrected chi connectivity index (χ1v) is 13.4. The van der Waals surface area contributed by atoms with Crippen molar-refractivity contribution in [3.63, 3.8) is 0 Å². The molecule has 0 fully saturated rings. The number of nitrogens with zero attached hydrogens (tertiary/aromatic N) is 2. The van der Waals surface area contributed by atoms with Gasteiger partial charge in [-0.25, -0.2) is 13.6 Å². The summed E-state index contributed by atoms with van der Waals surface area (Å²) in [6.45, 7) is 0.720. The molecule has 6 rings (SSSR count). The summed E-state index contributed by atoms with van der Waals surface area (Å²) in [6.07, 6.45) is 2.80. The van der Waals surface area contributed by atoms with E-state index in [2.05, 4.69) is 4.90 Å². The van der Waals surface area contributed by atoms with Gasteiger partial charge in [-0.15, -0.1) is 0 Å². The number of benzene rings is 4. The zero-order valence-corrected chi connectivity index (χ0v) is 22.7. The monoisotopic (exact) mass is 564 g/mol. The van der Waals surface area contributed by atoms with Crippen LogP contribution in [0.3, 0.4) is 0 Å². The molecule has 0 aliphatic carbocycles. The van der Waals surface area contributed by atoms with Crippen LogP contribution >= 0.6 is 0 Å². The molecule has 0 amide bonds. The molecule has 2 aromatic heterocycles. The number of fused-ring (bicyclic) bond motifs is 2. The third-order valence-electron chi connectivity index (χ3n) is 7.42. The fourth-order valence-electron chi connectivity index (χ4n) is 5.40. The number of pyridine rings is 1. The van der Waals surface area contributed by atoms with Gasteiger partial charge in [-0.3, -0.25) is 9.69 Å². The lowest BCUT2D eigenvalue weighted by molar-refractivity contribution is 0.0695. The van der Waals surface area contributed by atoms with Gasteiger partial charge in [0, 0.05) is 46.6 Å². The highest BCUT2D eigenvalue weighted by atomic mass is 19.1. The van der Waals surface area contributed by atoms with Crippen LogP contribution in [-0.4, -0.2) is 27.6 Å². The molecule has 0 spiro atoms. The molecule has 1 N–H and O–H groups in total. The minimum Gasteiger partial charge on any atom is -0.477 e. The van der Waals surface area contributed by atoms with Crippen LogP contribution in [0.5, 0.6) is 0 Å². The third-order valence-corrected chi connectivity index (χ3v) is 7.42. The van der Waals surface area contributed by atoms with Gasteiger partial charge in [0.05, 0.1) is 18.3 Å². The molecule has 210 valence electrons. The summed E-state index contributed by atoms with van der Waals surface area (Å²) >= 11 is 0. The molecule has 0 radical (unpaired) electrons. The molecular weight excluding hydrogens is 538 g/mol. The maximum absolute atomic E-state index is 14.7. The van der Waals surface area contributed by atoms with E-state index in [1.807, 2.05) is 61.6 Å². The summed E-state index contributed by atoms with van der Waals surface area (Å²) in [6, 6.07) is 24.6. The lowest BCUT2D eigenvalue weighted by atomic mass is 9.97. The molecule has 2 heterocycles. The van der Waals surface area contributed by atoms with Gasteiger partial charge in [0.1, 0.15) is 23.0 Å². The first-order chi connectivity index (χ1) is 20.3. The average Bonchev–Trinajstić information content (AvgIpc) is 3.40. The van der Waals surface area contributed by atoms with Crippen molar-refractivity contribution in [2.75, 3.05) is 7.05 Å². The van der Waals surface area contributed by atoms with E-state index < -0.39 is 28.6 Å². The summed E-state index contributed by atoms with van der Waals surface area (Å²) in [5.74, 6) is -2.38. The zero-order valence-electron chi connectivity index (χ0n) is 22.7. The van der Waals surface area contributed by atoms with Crippen LogP contribution in [0.15, 0.2) is 107 Å². The second-order valence-corrected chi connectivity index (χ2v) is 10.3. The van der Waals surface area contributed by atoms with Crippen molar-refractivity contribution in [2.45, 2.75) is 19.6 Å². The van der Waals surface area contributed by atoms with Crippen molar-refractivity contribution in [3.05, 3.63) is 142 Å². The zero-order chi connectivity index (χ0) is 29.4. The second kappa shape index (κ2) is 11.1. The van der Waals surface area contributed by atoms with Crippen LogP contribution in [0.4, 0.5) is 8.78 Å². The van der Waals surface area contributed by atoms with Gasteiger partial charge in [0.25, 0.3) is 0 Å². The summed E-state index contributed by atoms with van der Waals surface area (Å²) in [7, 11) is 1.95. The fraction of sp³-hybridized carbons (Fsp3) is 0.118. The van der Waals surface area contributed by atoms with Crippen molar-refractivity contribution < 1.29 is 23.1 Å². The van der Waals surface area contributed by atoms with Crippen molar-refractivity contribution in [1.29, 1.82) is 0 Å². The van der Waals surface area contributed by atoms with E-state index in [-0.39, 0.29) is 17.5 Å². The number of halogens is 2. The van der Waals surface area contributed by atoms with E-state index in [9.17, 15) is 23.5 Å². The fourth-order valence-corrected chi connectivity index (χ4v) is 5.40. The third kappa shape index (κ3) is 5.08. The minimum absolute atomic E-state index is 0.134. The number of hydrogen-bond acceptors (Lipinski definition) is 4. The van der Waals surface area contributed by atoms with Gasteiger partial charge < -0.3 is 14.1 Å². The molecule has 42 heavy (non-hydrogen) atoms. The van der Waals surface area contributed by atoms with Crippen LogP contribution in [0.1, 0.15) is 27.0 Å². The number of aromatic nitrogens is 1. The van der Waals surface area contributed by atoms with Crippen molar-refractivity contribution >= 4 is 27.6 Å². The lowest BCUT2D eigenvalue weighted by Gasteiger charge is -2.21. The quantitative estimate of drug-likeness (QED) is 0.214. The first-order valence-electron chi connectivity index (χ1n) is 13.4. The molecule has 6 nitrogen and oxygen atoms in total. The number of furan rings is 1. The van der Waals surface area contributed by atoms with Crippen LogP contribution in [0.2, 0.25) is 0 Å². The van der Waals surface area contributed by atoms with Gasteiger partial charge in [0.15, 0.2) is 0 Å². The van der Waals surface area contributed by atoms with Gasteiger partial charge in [0.2, 0.25) is 5.43 Å². The molecule has 0 saturated carbocycles. The van der Waals surface area contributed by atoms with Crippen molar-refractivity contribution in [3.8, 4) is 11.3 Å². The maximum atomic E-state index is 14.7. The van der Waals surface area contributed by atoms with E-state index in [1.165, 1.54) is 10.6 Å². The highest BCUT2D eigenvalue weighted by molar-refractivity contribution is 5.99. The molecule has 0 saturated heterocycles. The Morgan fingerprint density at radius 1 is 0.905 bits per heavy atom. The Kier molecular flexibility index (Phi) is 7.14. The SMILES string of the molecule is CN(Cc1ccccc1)Cc1cc2c(=O)c(C(=O)O)cn(Cc3c(F)cccc3F)c2cc1-c1occ2ccccc12. The topological polar surface area (TPSA) is 75.7 Å². The molecule has 4 aromatic carbocycles. The standard InChI is InChI=1S/C34H26F2N2O4/c1-37(16-21-8-3-2-4-9-21)17-23-14-26-31(15-25(23)33-24-11-6-5-10-22(24)20-42-33)38(19-28(32(26)39)34(40)41)18-27-29(35)12-7-13-30(27)36/h2-15,19-20H,16-18H2,1H3,(H,40,41). The van der Waals surface area contributed by atoms with E-state index in [1.54, 1.807) is 18.4 Å². The van der Waals surface area contributed by atoms with Gasteiger partial charge in [-0.1, -0.05) is 60.7 Å². The van der Waals surface area contributed by atoms with E-state index in [0.29, 0.717) is 29.9 Å². The number of carboxylic acid groups (broad SMARTS) is 1. The molecule has 0 aliphatic rings. The average molecular weight is 565 g/mol.